The third kappa shape index (κ3) is 4.02. The maximum Gasteiger partial charge on any atom is 0.138 e. The number of rotatable bonds is 7. The minimum absolute atomic E-state index is 0.461. The van der Waals surface area contributed by atoms with E-state index >= 15 is 0 Å². The highest BCUT2D eigenvalue weighted by Crippen LogP contribution is 2.26. The summed E-state index contributed by atoms with van der Waals surface area (Å²) in [4.78, 5) is 0. The second kappa shape index (κ2) is 7.36. The Bertz CT molecular complexity index is 551. The van der Waals surface area contributed by atoms with Gasteiger partial charge in [-0.25, -0.2) is 0 Å². The van der Waals surface area contributed by atoms with Crippen LogP contribution in [0.1, 0.15) is 30.2 Å². The molecule has 0 radical (unpaired) electrons. The van der Waals surface area contributed by atoms with Crippen molar-refractivity contribution in [1.29, 1.82) is 0 Å². The number of ether oxygens (including phenoxy) is 1. The van der Waals surface area contributed by atoms with Gasteiger partial charge in [-0.05, 0) is 43.7 Å². The second-order valence-electron chi connectivity index (χ2n) is 4.77. The summed E-state index contributed by atoms with van der Waals surface area (Å²) in [6.07, 6.45) is 2.80. The Morgan fingerprint density at radius 3 is 2.95 bits per heavy atom. The predicted octanol–water partition coefficient (Wildman–Crippen LogP) is 4.32. The van der Waals surface area contributed by atoms with Crippen LogP contribution in [0.2, 0.25) is 5.02 Å². The monoisotopic (exact) mass is 293 g/mol. The Kier molecular flexibility index (Phi) is 5.50. The van der Waals surface area contributed by atoms with Gasteiger partial charge in [0.05, 0.1) is 17.8 Å². The lowest BCUT2D eigenvalue weighted by Gasteiger charge is -2.09. The summed E-state index contributed by atoms with van der Waals surface area (Å²) in [7, 11) is 0. The van der Waals surface area contributed by atoms with Crippen molar-refractivity contribution in [2.45, 2.75) is 33.4 Å². The molecule has 1 N–H and O–H groups in total. The summed E-state index contributed by atoms with van der Waals surface area (Å²) in [5.41, 5.74) is 2.17. The number of hydrogen-bond acceptors (Lipinski definition) is 3. The second-order valence-corrected chi connectivity index (χ2v) is 5.18. The molecular formula is C16H20ClNO2. The van der Waals surface area contributed by atoms with Crippen molar-refractivity contribution in [3.8, 4) is 5.75 Å². The fourth-order valence-corrected chi connectivity index (χ4v) is 2.08. The topological polar surface area (TPSA) is 34.4 Å². The zero-order chi connectivity index (χ0) is 14.4. The summed E-state index contributed by atoms with van der Waals surface area (Å²) >= 11 is 6.12. The number of benzene rings is 1. The molecule has 0 bridgehead atoms. The minimum atomic E-state index is 0.461. The van der Waals surface area contributed by atoms with Crippen LogP contribution in [0.3, 0.4) is 0 Å². The predicted molar refractivity (Wildman–Crippen MR) is 81.2 cm³/mol. The van der Waals surface area contributed by atoms with E-state index in [9.17, 15) is 0 Å². The molecule has 1 aromatic heterocycles. The smallest absolute Gasteiger partial charge is 0.138 e. The molecule has 2 rings (SSSR count). The molecule has 20 heavy (non-hydrogen) atoms. The van der Waals surface area contributed by atoms with Crippen LogP contribution in [-0.2, 0) is 13.2 Å². The lowest BCUT2D eigenvalue weighted by Crippen LogP contribution is -2.14. The van der Waals surface area contributed by atoms with Crippen molar-refractivity contribution < 1.29 is 9.15 Å². The Morgan fingerprint density at radius 1 is 1.30 bits per heavy atom. The highest BCUT2D eigenvalue weighted by molar-refractivity contribution is 6.32. The fourth-order valence-electron chi connectivity index (χ4n) is 1.91. The van der Waals surface area contributed by atoms with Crippen molar-refractivity contribution >= 4 is 11.6 Å². The summed E-state index contributed by atoms with van der Waals surface area (Å²) in [6.45, 7) is 6.31. The average molecular weight is 294 g/mol. The summed E-state index contributed by atoms with van der Waals surface area (Å²) in [6, 6.07) is 7.70. The highest BCUT2D eigenvalue weighted by atomic mass is 35.5. The molecule has 2 aromatic rings. The van der Waals surface area contributed by atoms with Crippen molar-refractivity contribution in [1.82, 2.24) is 5.32 Å². The van der Waals surface area contributed by atoms with Crippen LogP contribution >= 0.6 is 11.6 Å². The van der Waals surface area contributed by atoms with E-state index in [-0.39, 0.29) is 0 Å². The molecule has 0 spiro atoms. The Labute approximate surface area is 124 Å². The number of halogens is 1. The highest BCUT2D eigenvalue weighted by Gasteiger charge is 2.08. The first-order chi connectivity index (χ1) is 9.70. The van der Waals surface area contributed by atoms with Gasteiger partial charge in [0.2, 0.25) is 0 Å². The van der Waals surface area contributed by atoms with Crippen LogP contribution < -0.4 is 10.1 Å². The van der Waals surface area contributed by atoms with Crippen molar-refractivity contribution in [2.24, 2.45) is 0 Å². The van der Waals surface area contributed by atoms with Gasteiger partial charge in [0.15, 0.2) is 0 Å². The summed E-state index contributed by atoms with van der Waals surface area (Å²) in [5.74, 6) is 1.63. The third-order valence-corrected chi connectivity index (χ3v) is 3.33. The van der Waals surface area contributed by atoms with E-state index in [1.807, 2.05) is 31.2 Å². The van der Waals surface area contributed by atoms with Gasteiger partial charge in [-0.3, -0.25) is 0 Å². The van der Waals surface area contributed by atoms with Crippen molar-refractivity contribution in [2.75, 3.05) is 6.54 Å². The van der Waals surface area contributed by atoms with Crippen molar-refractivity contribution in [3.63, 3.8) is 0 Å². The van der Waals surface area contributed by atoms with Crippen LogP contribution in [0.4, 0.5) is 0 Å². The SMILES string of the molecule is CCCNCc1occc1COc1cc(C)ccc1Cl. The third-order valence-electron chi connectivity index (χ3n) is 3.02. The number of nitrogens with one attached hydrogen (secondary N) is 1. The van der Waals surface area contributed by atoms with E-state index in [1.54, 1.807) is 6.26 Å². The molecule has 0 aliphatic carbocycles. The average Bonchev–Trinajstić information content (AvgIpc) is 2.88. The first-order valence-corrected chi connectivity index (χ1v) is 7.23. The van der Waals surface area contributed by atoms with Crippen LogP contribution in [0, 0.1) is 6.92 Å². The molecule has 1 heterocycles. The number of furan rings is 1. The molecule has 0 unspecified atom stereocenters. The molecule has 0 aliphatic heterocycles. The molecule has 3 nitrogen and oxygen atoms in total. The molecule has 4 heteroatoms. The Morgan fingerprint density at radius 2 is 2.15 bits per heavy atom. The molecule has 0 aliphatic rings. The number of hydrogen-bond donors (Lipinski definition) is 1. The van der Waals surface area contributed by atoms with Crippen LogP contribution in [0.15, 0.2) is 34.9 Å². The molecular weight excluding hydrogens is 274 g/mol. The largest absolute Gasteiger partial charge is 0.487 e. The van der Waals surface area contributed by atoms with Crippen LogP contribution in [0.5, 0.6) is 5.75 Å². The van der Waals surface area contributed by atoms with E-state index < -0.39 is 0 Å². The van der Waals surface area contributed by atoms with E-state index in [0.29, 0.717) is 17.4 Å². The molecule has 0 saturated heterocycles. The molecule has 0 saturated carbocycles. The lowest BCUT2D eigenvalue weighted by atomic mass is 10.2. The Balaban J connectivity index is 1.97. The lowest BCUT2D eigenvalue weighted by molar-refractivity contribution is 0.301. The van der Waals surface area contributed by atoms with Gasteiger partial charge in [-0.15, -0.1) is 0 Å². The molecule has 0 fully saturated rings. The van der Waals surface area contributed by atoms with Gasteiger partial charge in [0.1, 0.15) is 18.1 Å². The zero-order valence-corrected chi connectivity index (χ0v) is 12.7. The molecule has 1 aromatic carbocycles. The first kappa shape index (κ1) is 14.9. The molecule has 0 amide bonds. The number of aryl methyl sites for hydroxylation is 1. The maximum atomic E-state index is 6.12. The Hall–Kier alpha value is -1.45. The van der Waals surface area contributed by atoms with Crippen LogP contribution in [0.25, 0.3) is 0 Å². The van der Waals surface area contributed by atoms with E-state index in [1.165, 1.54) is 0 Å². The van der Waals surface area contributed by atoms with Gasteiger partial charge < -0.3 is 14.5 Å². The minimum Gasteiger partial charge on any atom is -0.487 e. The van der Waals surface area contributed by atoms with E-state index in [2.05, 4.69) is 12.2 Å². The van der Waals surface area contributed by atoms with Gasteiger partial charge in [-0.1, -0.05) is 24.6 Å². The standard InChI is InChI=1S/C16H20ClNO2/c1-3-7-18-10-16-13(6-8-19-16)11-20-15-9-12(2)4-5-14(15)17/h4-6,8-9,18H,3,7,10-11H2,1-2H3. The van der Waals surface area contributed by atoms with Crippen molar-refractivity contribution in [3.05, 3.63) is 52.4 Å². The molecule has 0 atom stereocenters. The maximum absolute atomic E-state index is 6.12. The summed E-state index contributed by atoms with van der Waals surface area (Å²) in [5, 5.41) is 3.95. The van der Waals surface area contributed by atoms with Crippen LogP contribution in [-0.4, -0.2) is 6.54 Å². The first-order valence-electron chi connectivity index (χ1n) is 6.85. The van der Waals surface area contributed by atoms with Gasteiger partial charge in [0.25, 0.3) is 0 Å². The van der Waals surface area contributed by atoms with Gasteiger partial charge >= 0.3 is 0 Å². The fraction of sp³-hybridized carbons (Fsp3) is 0.375. The van der Waals surface area contributed by atoms with Gasteiger partial charge in [0, 0.05) is 5.56 Å². The normalized spacial score (nSPS) is 10.8. The van der Waals surface area contributed by atoms with E-state index in [4.69, 9.17) is 20.8 Å². The summed E-state index contributed by atoms with van der Waals surface area (Å²) < 4.78 is 11.3. The quantitative estimate of drug-likeness (QED) is 0.772. The van der Waals surface area contributed by atoms with E-state index in [0.717, 1.165) is 36.4 Å². The molecule has 108 valence electrons. The zero-order valence-electron chi connectivity index (χ0n) is 11.9. The van der Waals surface area contributed by atoms with Gasteiger partial charge in [-0.2, -0.15) is 0 Å².